The predicted octanol–water partition coefficient (Wildman–Crippen LogP) is 2.22. The van der Waals surface area contributed by atoms with Gasteiger partial charge in [0.25, 0.3) is 5.91 Å². The normalized spacial score (nSPS) is 18.0. The van der Waals surface area contributed by atoms with E-state index in [1.54, 1.807) is 22.8 Å². The Hall–Kier alpha value is -2.33. The Bertz CT molecular complexity index is 890. The minimum Gasteiger partial charge on any atom is -0.495 e. The Kier molecular flexibility index (Phi) is 7.77. The van der Waals surface area contributed by atoms with E-state index in [2.05, 4.69) is 4.72 Å². The third-order valence-electron chi connectivity index (χ3n) is 5.72. The van der Waals surface area contributed by atoms with Crippen LogP contribution in [0.2, 0.25) is 0 Å². The van der Waals surface area contributed by atoms with Crippen molar-refractivity contribution in [3.05, 3.63) is 23.8 Å². The summed E-state index contributed by atoms with van der Waals surface area (Å²) in [6.07, 6.45) is 4.35. The maximum Gasteiger partial charge on any atom is 0.409 e. The molecule has 1 aliphatic carbocycles. The molecule has 172 valence electrons. The van der Waals surface area contributed by atoms with Gasteiger partial charge in [-0.2, -0.15) is 0 Å². The molecule has 3 rings (SSSR count). The van der Waals surface area contributed by atoms with Gasteiger partial charge in [-0.1, -0.05) is 19.3 Å². The monoisotopic (exact) mass is 453 g/mol. The molecule has 0 aromatic heterocycles. The molecule has 0 radical (unpaired) electrons. The number of piperazine rings is 1. The van der Waals surface area contributed by atoms with Crippen molar-refractivity contribution in [2.45, 2.75) is 50.0 Å². The van der Waals surface area contributed by atoms with Crippen LogP contribution in [0.15, 0.2) is 23.1 Å². The summed E-state index contributed by atoms with van der Waals surface area (Å²) in [6, 6.07) is 4.36. The molecule has 1 aromatic rings. The molecule has 2 fully saturated rings. The molecule has 2 aliphatic rings. The lowest BCUT2D eigenvalue weighted by molar-refractivity contribution is 0.0570. The first kappa shape index (κ1) is 23.3. The molecule has 1 N–H and O–H groups in total. The van der Waals surface area contributed by atoms with Crippen LogP contribution >= 0.6 is 0 Å². The molecule has 31 heavy (non-hydrogen) atoms. The first-order valence-corrected chi connectivity index (χ1v) is 12.3. The summed E-state index contributed by atoms with van der Waals surface area (Å²) in [7, 11) is -2.42. The number of hydrogen-bond acceptors (Lipinski definition) is 6. The Balaban J connectivity index is 1.74. The molecular weight excluding hydrogens is 422 g/mol. The molecule has 0 bridgehead atoms. The molecule has 1 aliphatic heterocycles. The van der Waals surface area contributed by atoms with Gasteiger partial charge in [0.1, 0.15) is 10.6 Å². The maximum absolute atomic E-state index is 13.0. The van der Waals surface area contributed by atoms with Gasteiger partial charge in [0, 0.05) is 37.8 Å². The second-order valence-electron chi connectivity index (χ2n) is 7.80. The first-order chi connectivity index (χ1) is 14.9. The highest BCUT2D eigenvalue weighted by molar-refractivity contribution is 7.89. The minimum absolute atomic E-state index is 0.0309. The lowest BCUT2D eigenvalue weighted by atomic mass is 9.96. The second kappa shape index (κ2) is 10.3. The average Bonchev–Trinajstić information content (AvgIpc) is 2.79. The predicted molar refractivity (Wildman–Crippen MR) is 115 cm³/mol. The first-order valence-electron chi connectivity index (χ1n) is 10.8. The zero-order valence-corrected chi connectivity index (χ0v) is 18.9. The second-order valence-corrected chi connectivity index (χ2v) is 9.48. The number of sulfonamides is 1. The molecule has 0 spiro atoms. The van der Waals surface area contributed by atoms with E-state index in [-0.39, 0.29) is 34.3 Å². The van der Waals surface area contributed by atoms with Gasteiger partial charge < -0.3 is 19.3 Å². The molecule has 1 heterocycles. The average molecular weight is 454 g/mol. The smallest absolute Gasteiger partial charge is 0.409 e. The fourth-order valence-electron chi connectivity index (χ4n) is 4.01. The van der Waals surface area contributed by atoms with Crippen LogP contribution in [-0.4, -0.2) is 76.2 Å². The topological polar surface area (TPSA) is 105 Å². The van der Waals surface area contributed by atoms with Gasteiger partial charge in [-0.15, -0.1) is 0 Å². The summed E-state index contributed by atoms with van der Waals surface area (Å²) in [4.78, 5) is 28.0. The van der Waals surface area contributed by atoms with Crippen molar-refractivity contribution in [1.29, 1.82) is 0 Å². The number of carbonyl (C=O) groups excluding carboxylic acids is 2. The Morgan fingerprint density at radius 1 is 1.06 bits per heavy atom. The highest BCUT2D eigenvalue weighted by atomic mass is 32.2. The maximum atomic E-state index is 13.0. The number of amides is 2. The van der Waals surface area contributed by atoms with Crippen molar-refractivity contribution >= 4 is 22.0 Å². The number of nitrogens with one attached hydrogen (secondary N) is 1. The zero-order chi connectivity index (χ0) is 22.4. The quantitative estimate of drug-likeness (QED) is 0.708. The van der Waals surface area contributed by atoms with Crippen molar-refractivity contribution in [1.82, 2.24) is 14.5 Å². The van der Waals surface area contributed by atoms with Gasteiger partial charge in [-0.25, -0.2) is 17.9 Å². The van der Waals surface area contributed by atoms with Gasteiger partial charge in [0.15, 0.2) is 0 Å². The minimum atomic E-state index is -3.83. The van der Waals surface area contributed by atoms with Crippen molar-refractivity contribution in [2.24, 2.45) is 0 Å². The van der Waals surface area contributed by atoms with Gasteiger partial charge in [0.2, 0.25) is 10.0 Å². The highest BCUT2D eigenvalue weighted by Gasteiger charge is 2.29. The van der Waals surface area contributed by atoms with Gasteiger partial charge in [0.05, 0.1) is 13.7 Å². The lowest BCUT2D eigenvalue weighted by Gasteiger charge is -2.34. The van der Waals surface area contributed by atoms with Crippen LogP contribution in [0, 0.1) is 0 Å². The molecule has 1 saturated heterocycles. The Morgan fingerprint density at radius 2 is 1.71 bits per heavy atom. The fourth-order valence-corrected chi connectivity index (χ4v) is 5.51. The van der Waals surface area contributed by atoms with Crippen LogP contribution in [0.5, 0.6) is 5.75 Å². The molecular formula is C21H31N3O6S. The van der Waals surface area contributed by atoms with Crippen molar-refractivity contribution < 1.29 is 27.5 Å². The largest absolute Gasteiger partial charge is 0.495 e. The lowest BCUT2D eigenvalue weighted by Crippen LogP contribution is -2.50. The third-order valence-corrected chi connectivity index (χ3v) is 7.26. The third kappa shape index (κ3) is 5.68. The molecule has 1 aromatic carbocycles. The SMILES string of the molecule is CCOC(=O)N1CCN(C(=O)c2ccc(OC)c(S(=O)(=O)NC3CCCCC3)c2)CC1. The van der Waals surface area contributed by atoms with E-state index in [1.165, 1.54) is 19.2 Å². The highest BCUT2D eigenvalue weighted by Crippen LogP contribution is 2.27. The van der Waals surface area contributed by atoms with Crippen molar-refractivity contribution in [2.75, 3.05) is 39.9 Å². The molecule has 0 atom stereocenters. The van der Waals surface area contributed by atoms with Crippen LogP contribution in [0.1, 0.15) is 49.4 Å². The van der Waals surface area contributed by atoms with E-state index in [9.17, 15) is 18.0 Å². The summed E-state index contributed by atoms with van der Waals surface area (Å²) >= 11 is 0. The zero-order valence-electron chi connectivity index (χ0n) is 18.1. The van der Waals surface area contributed by atoms with Crippen LogP contribution in [-0.2, 0) is 14.8 Å². The van der Waals surface area contributed by atoms with Gasteiger partial charge >= 0.3 is 6.09 Å². The van der Waals surface area contributed by atoms with Crippen molar-refractivity contribution in [3.8, 4) is 5.75 Å². The van der Waals surface area contributed by atoms with Crippen LogP contribution in [0.25, 0.3) is 0 Å². The summed E-state index contributed by atoms with van der Waals surface area (Å²) < 4.78 is 39.1. The Labute approximate surface area is 183 Å². The van der Waals surface area contributed by atoms with E-state index in [0.717, 1.165) is 32.1 Å². The number of methoxy groups -OCH3 is 1. The molecule has 2 amide bonds. The Morgan fingerprint density at radius 3 is 2.32 bits per heavy atom. The standard InChI is InChI=1S/C21H31N3O6S/c1-3-30-21(26)24-13-11-23(12-14-24)20(25)16-9-10-18(29-2)19(15-16)31(27,28)22-17-7-5-4-6-8-17/h9-10,15,17,22H,3-8,11-14H2,1-2H3. The molecule has 1 saturated carbocycles. The van der Waals surface area contributed by atoms with Crippen LogP contribution in [0.3, 0.4) is 0 Å². The molecule has 0 unspecified atom stereocenters. The number of nitrogens with zero attached hydrogens (tertiary/aromatic N) is 2. The number of ether oxygens (including phenoxy) is 2. The van der Waals surface area contributed by atoms with Gasteiger partial charge in [-0.05, 0) is 38.0 Å². The van der Waals surface area contributed by atoms with Crippen LogP contribution in [0.4, 0.5) is 4.79 Å². The molecule has 9 nitrogen and oxygen atoms in total. The number of carbonyl (C=O) groups is 2. The summed E-state index contributed by atoms with van der Waals surface area (Å²) in [5.74, 6) is -0.0766. The van der Waals surface area contributed by atoms with Crippen LogP contribution < -0.4 is 9.46 Å². The molecule has 10 heteroatoms. The fraction of sp³-hybridized carbons (Fsp3) is 0.619. The number of hydrogen-bond donors (Lipinski definition) is 1. The van der Waals surface area contributed by atoms with E-state index >= 15 is 0 Å². The summed E-state index contributed by atoms with van der Waals surface area (Å²) in [5, 5.41) is 0. The van der Waals surface area contributed by atoms with Gasteiger partial charge in [-0.3, -0.25) is 4.79 Å². The van der Waals surface area contributed by atoms with E-state index in [4.69, 9.17) is 9.47 Å². The van der Waals surface area contributed by atoms with E-state index in [0.29, 0.717) is 32.8 Å². The van der Waals surface area contributed by atoms with E-state index in [1.807, 2.05) is 0 Å². The van der Waals surface area contributed by atoms with Crippen molar-refractivity contribution in [3.63, 3.8) is 0 Å². The number of rotatable bonds is 6. The summed E-state index contributed by atoms with van der Waals surface area (Å²) in [6.45, 7) is 3.49. The number of benzene rings is 1. The van der Waals surface area contributed by atoms with E-state index < -0.39 is 10.0 Å². The summed E-state index contributed by atoms with van der Waals surface area (Å²) in [5.41, 5.74) is 0.273.